The SMILES string of the molecule is CC(C)(C)c1ccc(Cc2ccc(C3(c4ccc(C(C)(C)C)cc4)c4cc(N(c5ccccc5)c5ccc(C(C)(C)C)cc5)c5c(c4-c4c3cc(N(c3ccccc3)c3ccc(C(C)(C)C)cc3)c3c4-c4ccccc4C4CC34)OCc3ccccc3-5)cc2)cc1. The molecule has 4 aliphatic rings. The van der Waals surface area contributed by atoms with Crippen LogP contribution in [0.25, 0.3) is 33.4 Å². The topological polar surface area (TPSA) is 15.7 Å². The number of fused-ring (bicyclic) bond motifs is 14. The number of hydrogen-bond donors (Lipinski definition) is 0. The molecule has 0 aromatic heterocycles. The number of ether oxygens (including phenoxy) is 1. The van der Waals surface area contributed by atoms with Gasteiger partial charge in [-0.3, -0.25) is 0 Å². The quantitative estimate of drug-likeness (QED) is 0.136. The highest BCUT2D eigenvalue weighted by atomic mass is 16.5. The van der Waals surface area contributed by atoms with Gasteiger partial charge in [0.05, 0.1) is 16.8 Å². The fraction of sp³-hybridized carbons (Fsp3) is 0.250. The Balaban J connectivity index is 1.11. The molecule has 3 nitrogen and oxygen atoms in total. The molecule has 11 aromatic rings. The van der Waals surface area contributed by atoms with Crippen LogP contribution in [-0.4, -0.2) is 0 Å². The molecule has 0 spiro atoms. The Labute approximate surface area is 541 Å². The summed E-state index contributed by atoms with van der Waals surface area (Å²) in [7, 11) is 0. The van der Waals surface area contributed by atoms with Crippen molar-refractivity contribution in [2.24, 2.45) is 0 Å². The van der Waals surface area contributed by atoms with Gasteiger partial charge in [0, 0.05) is 33.9 Å². The Kier molecular flexibility index (Phi) is 13.7. The third-order valence-electron chi connectivity index (χ3n) is 20.4. The minimum Gasteiger partial charge on any atom is -0.487 e. The molecule has 0 saturated heterocycles. The van der Waals surface area contributed by atoms with Crippen molar-refractivity contribution in [2.75, 3.05) is 9.80 Å². The number of benzene rings is 11. The largest absolute Gasteiger partial charge is 0.487 e. The number of para-hydroxylation sites is 2. The Hall–Kier alpha value is -9.18. The summed E-state index contributed by atoms with van der Waals surface area (Å²) in [4.78, 5) is 5.12. The van der Waals surface area contributed by atoms with Gasteiger partial charge >= 0.3 is 0 Å². The number of rotatable bonds is 10. The van der Waals surface area contributed by atoms with Gasteiger partial charge in [-0.1, -0.05) is 265 Å². The van der Waals surface area contributed by atoms with Gasteiger partial charge in [-0.05, 0) is 202 Å². The van der Waals surface area contributed by atoms with Crippen LogP contribution < -0.4 is 14.5 Å². The van der Waals surface area contributed by atoms with E-state index < -0.39 is 5.41 Å². The van der Waals surface area contributed by atoms with Crippen molar-refractivity contribution in [1.82, 2.24) is 0 Å². The minimum atomic E-state index is -0.895. The zero-order valence-corrected chi connectivity index (χ0v) is 55.2. The summed E-state index contributed by atoms with van der Waals surface area (Å²) in [6, 6.07) is 93.6. The zero-order valence-electron chi connectivity index (χ0n) is 55.2. The first-order chi connectivity index (χ1) is 43.7. The second kappa shape index (κ2) is 21.5. The van der Waals surface area contributed by atoms with E-state index in [0.29, 0.717) is 18.4 Å². The lowest BCUT2D eigenvalue weighted by atomic mass is 9.66. The first kappa shape index (κ1) is 58.2. The molecule has 3 atom stereocenters. The maximum atomic E-state index is 7.75. The molecule has 3 unspecified atom stereocenters. The lowest BCUT2D eigenvalue weighted by Crippen LogP contribution is -2.30. The fourth-order valence-electron chi connectivity index (χ4n) is 15.4. The van der Waals surface area contributed by atoms with Crippen LogP contribution in [-0.2, 0) is 40.1 Å². The second-order valence-corrected chi connectivity index (χ2v) is 30.4. The Morgan fingerprint density at radius 2 is 0.780 bits per heavy atom. The zero-order chi connectivity index (χ0) is 62.9. The third-order valence-corrected chi connectivity index (χ3v) is 20.4. The van der Waals surface area contributed by atoms with E-state index in [1.54, 1.807) is 0 Å². The van der Waals surface area contributed by atoms with E-state index in [2.05, 4.69) is 336 Å². The molecule has 1 fully saturated rings. The Morgan fingerprint density at radius 3 is 1.31 bits per heavy atom. The van der Waals surface area contributed by atoms with Crippen LogP contribution in [0, 0.1) is 0 Å². The van der Waals surface area contributed by atoms with Crippen molar-refractivity contribution in [1.29, 1.82) is 0 Å². The first-order valence-electron chi connectivity index (χ1n) is 33.1. The minimum absolute atomic E-state index is 0.0132. The van der Waals surface area contributed by atoms with Crippen LogP contribution in [0.5, 0.6) is 5.75 Å². The smallest absolute Gasteiger partial charge is 0.137 e. The van der Waals surface area contributed by atoms with E-state index in [4.69, 9.17) is 4.74 Å². The standard InChI is InChI=1S/C88H84N2O/c1-84(2,3)59-35-31-56(32-36-59)51-57-33-37-63(38-34-57)88(64-41-39-60(40-42-64)85(4,5)6)74-53-76(89(65-24-15-13-16-25-65)67-47-43-61(44-48-67)86(7,8)9)78-73-52-72(73)70-29-21-22-30-71(70)80(78)81(74)82-75(88)54-77(79-69-28-20-19-23-58(69)55-91-83(79)82)90(66-26-17-14-18-27-66)68-49-45-62(46-50-68)87(10,11)12/h13-50,53-54,72-73H,51-52,55H2,1-12H3. The lowest BCUT2D eigenvalue weighted by molar-refractivity contribution is 0.303. The van der Waals surface area contributed by atoms with E-state index >= 15 is 0 Å². The summed E-state index contributed by atoms with van der Waals surface area (Å²) in [6.07, 6.45) is 1.92. The third kappa shape index (κ3) is 9.85. The van der Waals surface area contributed by atoms with Gasteiger partial charge in [-0.25, -0.2) is 0 Å². The highest BCUT2D eigenvalue weighted by molar-refractivity contribution is 6.09. The van der Waals surface area contributed by atoms with Gasteiger partial charge in [0.2, 0.25) is 0 Å². The van der Waals surface area contributed by atoms with Crippen molar-refractivity contribution < 1.29 is 4.74 Å². The molecule has 3 aliphatic carbocycles. The average Bonchev–Trinajstić information content (AvgIpc) is 1.50. The normalized spacial score (nSPS) is 16.9. The van der Waals surface area contributed by atoms with E-state index in [1.165, 1.54) is 106 Å². The average molecular weight is 1190 g/mol. The summed E-state index contributed by atoms with van der Waals surface area (Å²) in [6.45, 7) is 28.2. The summed E-state index contributed by atoms with van der Waals surface area (Å²) < 4.78 is 7.75. The lowest BCUT2D eigenvalue weighted by Gasteiger charge is -2.38. The molecule has 91 heavy (non-hydrogen) atoms. The van der Waals surface area contributed by atoms with Gasteiger partial charge in [-0.15, -0.1) is 0 Å². The van der Waals surface area contributed by atoms with E-state index in [0.717, 1.165) is 52.6 Å². The first-order valence-corrected chi connectivity index (χ1v) is 33.1. The molecule has 0 radical (unpaired) electrons. The van der Waals surface area contributed by atoms with Crippen LogP contribution in [0.1, 0.15) is 174 Å². The molecule has 0 N–H and O–H groups in total. The van der Waals surface area contributed by atoms with Gasteiger partial charge in [-0.2, -0.15) is 0 Å². The van der Waals surface area contributed by atoms with Crippen LogP contribution in [0.15, 0.2) is 243 Å². The number of anilines is 6. The monoisotopic (exact) mass is 1180 g/mol. The summed E-state index contributed by atoms with van der Waals surface area (Å²) in [5, 5.41) is 0. The van der Waals surface area contributed by atoms with Crippen molar-refractivity contribution in [3.05, 3.63) is 315 Å². The van der Waals surface area contributed by atoms with Crippen LogP contribution in [0.2, 0.25) is 0 Å². The number of nitrogens with zero attached hydrogens (tertiary/aromatic N) is 2. The molecule has 1 aliphatic heterocycles. The second-order valence-electron chi connectivity index (χ2n) is 30.4. The molecule has 452 valence electrons. The molecule has 0 bridgehead atoms. The molecule has 3 heteroatoms. The predicted octanol–water partition coefficient (Wildman–Crippen LogP) is 23.6. The van der Waals surface area contributed by atoms with E-state index in [1.807, 2.05) is 0 Å². The Morgan fingerprint density at radius 1 is 0.374 bits per heavy atom. The fourth-order valence-corrected chi connectivity index (χ4v) is 15.4. The van der Waals surface area contributed by atoms with E-state index in [-0.39, 0.29) is 21.7 Å². The van der Waals surface area contributed by atoms with Crippen LogP contribution >= 0.6 is 0 Å². The van der Waals surface area contributed by atoms with Crippen LogP contribution in [0.3, 0.4) is 0 Å². The molecule has 0 amide bonds. The number of hydrogen-bond acceptors (Lipinski definition) is 3. The molecule has 11 aromatic carbocycles. The molecule has 15 rings (SSSR count). The molecular weight excluding hydrogens is 1100 g/mol. The summed E-state index contributed by atoms with van der Waals surface area (Å²) >= 11 is 0. The van der Waals surface area contributed by atoms with Gasteiger partial charge < -0.3 is 14.5 Å². The highest BCUT2D eigenvalue weighted by Crippen LogP contribution is 2.72. The van der Waals surface area contributed by atoms with Gasteiger partial charge in [0.1, 0.15) is 12.4 Å². The van der Waals surface area contributed by atoms with Gasteiger partial charge in [0.15, 0.2) is 0 Å². The van der Waals surface area contributed by atoms with Gasteiger partial charge in [0.25, 0.3) is 0 Å². The molecule has 1 saturated carbocycles. The summed E-state index contributed by atoms with van der Waals surface area (Å²) in [5.41, 5.74) is 30.0. The van der Waals surface area contributed by atoms with Crippen molar-refractivity contribution in [3.8, 4) is 39.1 Å². The van der Waals surface area contributed by atoms with Crippen molar-refractivity contribution >= 4 is 34.1 Å². The summed E-state index contributed by atoms with van der Waals surface area (Å²) in [5.74, 6) is 1.66. The maximum Gasteiger partial charge on any atom is 0.137 e. The Bertz CT molecular complexity index is 4570. The molecular formula is C88H84N2O. The van der Waals surface area contributed by atoms with Crippen molar-refractivity contribution in [3.63, 3.8) is 0 Å². The maximum absolute atomic E-state index is 7.75. The highest BCUT2D eigenvalue weighted by Gasteiger charge is 2.55. The van der Waals surface area contributed by atoms with Crippen molar-refractivity contribution in [2.45, 2.75) is 141 Å². The predicted molar refractivity (Wildman–Crippen MR) is 382 cm³/mol. The van der Waals surface area contributed by atoms with E-state index in [9.17, 15) is 0 Å². The van der Waals surface area contributed by atoms with Crippen LogP contribution in [0.4, 0.5) is 34.1 Å². The molecule has 1 heterocycles.